The smallest absolute Gasteiger partial charge is 0.300 e. The number of alkyl halides is 3. The Morgan fingerprint density at radius 1 is 1.33 bits per heavy atom. The zero-order chi connectivity index (χ0) is 15.7. The van der Waals surface area contributed by atoms with E-state index in [0.717, 1.165) is 19.4 Å². The van der Waals surface area contributed by atoms with Gasteiger partial charge >= 0.3 is 6.18 Å². The fourth-order valence-electron chi connectivity index (χ4n) is 3.75. The molecule has 120 valence electrons. The van der Waals surface area contributed by atoms with Crippen LogP contribution in [0.25, 0.3) is 0 Å². The predicted octanol–water partition coefficient (Wildman–Crippen LogP) is 3.07. The van der Waals surface area contributed by atoms with E-state index in [4.69, 9.17) is 0 Å². The van der Waals surface area contributed by atoms with E-state index in [-0.39, 0.29) is 25.0 Å². The van der Waals surface area contributed by atoms with Gasteiger partial charge in [0.15, 0.2) is 0 Å². The molecule has 0 amide bonds. The number of nitriles is 1. The van der Waals surface area contributed by atoms with Crippen molar-refractivity contribution in [3.05, 3.63) is 0 Å². The molecule has 1 aliphatic carbocycles. The van der Waals surface area contributed by atoms with Crippen LogP contribution in [-0.4, -0.2) is 41.8 Å². The molecule has 1 N–H and O–H groups in total. The molecule has 1 saturated carbocycles. The lowest BCUT2D eigenvalue weighted by Crippen LogP contribution is -2.49. The zero-order valence-corrected chi connectivity index (χ0v) is 12.7. The summed E-state index contributed by atoms with van der Waals surface area (Å²) in [4.78, 5) is 1.96. The van der Waals surface area contributed by atoms with Gasteiger partial charge < -0.3 is 0 Å². The molecule has 1 saturated heterocycles. The van der Waals surface area contributed by atoms with E-state index >= 15 is 0 Å². The van der Waals surface area contributed by atoms with Gasteiger partial charge in [-0.2, -0.15) is 18.4 Å². The molecule has 1 heterocycles. The van der Waals surface area contributed by atoms with Gasteiger partial charge in [0, 0.05) is 18.6 Å². The lowest BCUT2D eigenvalue weighted by atomic mass is 9.94. The van der Waals surface area contributed by atoms with Crippen LogP contribution in [0.1, 0.15) is 46.0 Å². The topological polar surface area (TPSA) is 39.1 Å². The van der Waals surface area contributed by atoms with E-state index in [9.17, 15) is 18.4 Å². The van der Waals surface area contributed by atoms with E-state index in [1.54, 1.807) is 0 Å². The number of hydrogen-bond donors (Lipinski definition) is 1. The highest BCUT2D eigenvalue weighted by Gasteiger charge is 2.46. The Balaban J connectivity index is 1.99. The monoisotopic (exact) mass is 303 g/mol. The molecule has 2 aliphatic rings. The molecule has 2 fully saturated rings. The molecule has 0 bridgehead atoms. The number of nitrogens with one attached hydrogen (secondary N) is 1. The molecule has 21 heavy (non-hydrogen) atoms. The summed E-state index contributed by atoms with van der Waals surface area (Å²) in [5.74, 6) is -1.21. The van der Waals surface area contributed by atoms with E-state index in [2.05, 4.69) is 11.4 Å². The number of nitrogens with zero attached hydrogens (tertiary/aromatic N) is 2. The highest BCUT2D eigenvalue weighted by Crippen LogP contribution is 2.38. The Kier molecular flexibility index (Phi) is 4.84. The molecule has 2 rings (SSSR count). The maximum absolute atomic E-state index is 12.9. The minimum Gasteiger partial charge on any atom is -0.300 e. The van der Waals surface area contributed by atoms with Crippen LogP contribution in [-0.2, 0) is 0 Å². The van der Waals surface area contributed by atoms with Crippen LogP contribution in [0.2, 0.25) is 0 Å². The van der Waals surface area contributed by atoms with Crippen molar-refractivity contribution in [2.24, 2.45) is 5.92 Å². The first-order chi connectivity index (χ1) is 9.76. The molecule has 0 aromatic heterocycles. The number of likely N-dealkylation sites (tertiary alicyclic amines) is 1. The van der Waals surface area contributed by atoms with Crippen molar-refractivity contribution in [2.75, 3.05) is 13.1 Å². The predicted molar refractivity (Wildman–Crippen MR) is 74.6 cm³/mol. The van der Waals surface area contributed by atoms with Crippen molar-refractivity contribution in [1.29, 1.82) is 5.26 Å². The summed E-state index contributed by atoms with van der Waals surface area (Å²) in [5.41, 5.74) is -0.565. The fraction of sp³-hybridized carbons (Fsp3) is 0.933. The normalized spacial score (nSPS) is 35.1. The lowest BCUT2D eigenvalue weighted by molar-refractivity contribution is -0.188. The van der Waals surface area contributed by atoms with Crippen LogP contribution in [0.15, 0.2) is 0 Å². The number of piperidine rings is 1. The van der Waals surface area contributed by atoms with Crippen LogP contribution in [0.3, 0.4) is 0 Å². The van der Waals surface area contributed by atoms with Gasteiger partial charge in [-0.1, -0.05) is 0 Å². The molecule has 0 radical (unpaired) electrons. The van der Waals surface area contributed by atoms with E-state index in [1.807, 2.05) is 18.7 Å². The molecule has 0 spiro atoms. The van der Waals surface area contributed by atoms with Crippen molar-refractivity contribution < 1.29 is 13.2 Å². The first-order valence-corrected chi connectivity index (χ1v) is 7.75. The van der Waals surface area contributed by atoms with Gasteiger partial charge in [-0.3, -0.25) is 10.2 Å². The van der Waals surface area contributed by atoms with Crippen molar-refractivity contribution in [2.45, 2.75) is 69.8 Å². The second-order valence-corrected chi connectivity index (χ2v) is 6.77. The van der Waals surface area contributed by atoms with Gasteiger partial charge in [0.2, 0.25) is 0 Å². The summed E-state index contributed by atoms with van der Waals surface area (Å²) in [6, 6.07) is 2.66. The molecule has 3 atom stereocenters. The Bertz CT molecular complexity index is 402. The SMILES string of the molecule is CC(C)NC1(C#N)CCC(N2CCCC(C(F)(F)F)C2)C1. The van der Waals surface area contributed by atoms with E-state index < -0.39 is 17.6 Å². The minimum absolute atomic E-state index is 0.0946. The summed E-state index contributed by atoms with van der Waals surface area (Å²) in [5, 5.41) is 12.8. The second-order valence-electron chi connectivity index (χ2n) is 6.77. The molecule has 1 aliphatic heterocycles. The van der Waals surface area contributed by atoms with E-state index in [1.165, 1.54) is 0 Å². The number of rotatable bonds is 3. The standard InChI is InChI=1S/C15H24F3N3/c1-11(2)20-14(10-19)6-5-13(8-14)21-7-3-4-12(9-21)15(16,17)18/h11-13,20H,3-9H2,1-2H3. The van der Waals surface area contributed by atoms with Gasteiger partial charge in [0.1, 0.15) is 5.54 Å². The van der Waals surface area contributed by atoms with Gasteiger partial charge in [-0.15, -0.1) is 0 Å². The first-order valence-electron chi connectivity index (χ1n) is 7.75. The Morgan fingerprint density at radius 3 is 2.62 bits per heavy atom. The molecular weight excluding hydrogens is 279 g/mol. The Labute approximate surface area is 124 Å². The highest BCUT2D eigenvalue weighted by molar-refractivity contribution is 5.14. The van der Waals surface area contributed by atoms with Crippen molar-refractivity contribution >= 4 is 0 Å². The van der Waals surface area contributed by atoms with Gasteiger partial charge in [-0.05, 0) is 52.5 Å². The average Bonchev–Trinajstić information content (AvgIpc) is 2.82. The summed E-state index contributed by atoms with van der Waals surface area (Å²) < 4.78 is 38.7. The summed E-state index contributed by atoms with van der Waals surface area (Å²) in [6.07, 6.45) is -1.11. The molecule has 3 unspecified atom stereocenters. The summed E-state index contributed by atoms with van der Waals surface area (Å²) in [7, 11) is 0. The maximum atomic E-state index is 12.9. The van der Waals surface area contributed by atoms with E-state index in [0.29, 0.717) is 12.8 Å². The van der Waals surface area contributed by atoms with Crippen LogP contribution in [0.5, 0.6) is 0 Å². The van der Waals surface area contributed by atoms with Gasteiger partial charge in [-0.25, -0.2) is 0 Å². The molecular formula is C15H24F3N3. The molecule has 0 aromatic rings. The lowest BCUT2D eigenvalue weighted by Gasteiger charge is -2.38. The van der Waals surface area contributed by atoms with Gasteiger partial charge in [0.05, 0.1) is 12.0 Å². The van der Waals surface area contributed by atoms with Crippen LogP contribution >= 0.6 is 0 Å². The van der Waals surface area contributed by atoms with Crippen molar-refractivity contribution in [1.82, 2.24) is 10.2 Å². The van der Waals surface area contributed by atoms with Crippen LogP contribution in [0, 0.1) is 17.2 Å². The Morgan fingerprint density at radius 2 is 2.05 bits per heavy atom. The Hall–Kier alpha value is -0.800. The molecule has 3 nitrogen and oxygen atoms in total. The molecule has 0 aromatic carbocycles. The quantitative estimate of drug-likeness (QED) is 0.871. The average molecular weight is 303 g/mol. The highest BCUT2D eigenvalue weighted by atomic mass is 19.4. The fourth-order valence-corrected chi connectivity index (χ4v) is 3.75. The third-order valence-corrected chi connectivity index (χ3v) is 4.70. The summed E-state index contributed by atoms with van der Waals surface area (Å²) >= 11 is 0. The minimum atomic E-state index is -4.10. The number of halogens is 3. The zero-order valence-electron chi connectivity index (χ0n) is 12.7. The number of hydrogen-bond acceptors (Lipinski definition) is 3. The van der Waals surface area contributed by atoms with Crippen molar-refractivity contribution in [3.8, 4) is 6.07 Å². The molecule has 6 heteroatoms. The van der Waals surface area contributed by atoms with Crippen LogP contribution in [0.4, 0.5) is 13.2 Å². The second kappa shape index (κ2) is 6.13. The largest absolute Gasteiger partial charge is 0.393 e. The van der Waals surface area contributed by atoms with Crippen molar-refractivity contribution in [3.63, 3.8) is 0 Å². The van der Waals surface area contributed by atoms with Gasteiger partial charge in [0.25, 0.3) is 0 Å². The van der Waals surface area contributed by atoms with Crippen LogP contribution < -0.4 is 5.32 Å². The first kappa shape index (κ1) is 16.6. The third-order valence-electron chi connectivity index (χ3n) is 4.70. The summed E-state index contributed by atoms with van der Waals surface area (Å²) in [6.45, 7) is 4.80. The maximum Gasteiger partial charge on any atom is 0.393 e. The third kappa shape index (κ3) is 3.89.